The maximum atomic E-state index is 13.4. The highest BCUT2D eigenvalue weighted by Gasteiger charge is 2.38. The summed E-state index contributed by atoms with van der Waals surface area (Å²) in [4.78, 5) is 0. The van der Waals surface area contributed by atoms with Crippen LogP contribution in [-0.4, -0.2) is 10.2 Å². The van der Waals surface area contributed by atoms with Crippen LogP contribution in [0, 0.1) is 13.3 Å². The summed E-state index contributed by atoms with van der Waals surface area (Å²) in [5.74, 6) is 0.727. The van der Waals surface area contributed by atoms with Crippen LogP contribution >= 0.6 is 0 Å². The van der Waals surface area contributed by atoms with E-state index in [-0.39, 0.29) is 23.6 Å². The smallest absolute Gasteiger partial charge is 0.417 e. The molecule has 0 unspecified atom stereocenters. The van der Waals surface area contributed by atoms with Crippen LogP contribution in [0.2, 0.25) is 0 Å². The third kappa shape index (κ3) is 4.52. The molecule has 0 atom stereocenters. The summed E-state index contributed by atoms with van der Waals surface area (Å²) >= 11 is 0. The molecule has 9 heteroatoms. The van der Waals surface area contributed by atoms with Crippen LogP contribution in [0.25, 0.3) is 11.1 Å². The first-order chi connectivity index (χ1) is 13.0. The lowest BCUT2D eigenvalue weighted by Gasteiger charge is -2.16. The number of alkyl halides is 6. The minimum absolute atomic E-state index is 0.132. The highest BCUT2D eigenvalue weighted by atomic mass is 19.4. The van der Waals surface area contributed by atoms with E-state index in [4.69, 9.17) is 4.42 Å². The van der Waals surface area contributed by atoms with E-state index in [1.807, 2.05) is 0 Å². The van der Waals surface area contributed by atoms with Crippen molar-refractivity contribution in [3.63, 3.8) is 0 Å². The molecule has 2 aromatic carbocycles. The number of aromatic nitrogens is 2. The first-order valence-electron chi connectivity index (χ1n) is 8.05. The van der Waals surface area contributed by atoms with Crippen molar-refractivity contribution < 1.29 is 30.8 Å². The highest BCUT2D eigenvalue weighted by molar-refractivity contribution is 5.69. The lowest BCUT2D eigenvalue weighted by atomic mass is 9.95. The molecule has 1 radical (unpaired) electrons. The Morgan fingerprint density at radius 2 is 1.68 bits per heavy atom. The van der Waals surface area contributed by atoms with Crippen LogP contribution in [-0.2, 0) is 18.8 Å². The molecule has 3 aromatic rings. The molecule has 3 nitrogen and oxygen atoms in total. The monoisotopic (exact) mass is 399 g/mol. The van der Waals surface area contributed by atoms with Gasteiger partial charge in [0.15, 0.2) is 0 Å². The third-order valence-electron chi connectivity index (χ3n) is 3.93. The van der Waals surface area contributed by atoms with Gasteiger partial charge < -0.3 is 4.42 Å². The zero-order valence-electron chi connectivity index (χ0n) is 14.4. The van der Waals surface area contributed by atoms with Gasteiger partial charge in [0.25, 0.3) is 0 Å². The van der Waals surface area contributed by atoms with Crippen LogP contribution in [0.1, 0.15) is 28.5 Å². The summed E-state index contributed by atoms with van der Waals surface area (Å²) in [5, 5.41) is 7.49. The second-order valence-electron chi connectivity index (χ2n) is 6.00. The number of rotatable bonds is 4. The van der Waals surface area contributed by atoms with E-state index in [1.165, 1.54) is 18.2 Å². The maximum absolute atomic E-state index is 13.4. The van der Waals surface area contributed by atoms with E-state index in [0.29, 0.717) is 23.4 Å². The number of halogens is 6. The summed E-state index contributed by atoms with van der Waals surface area (Å²) in [6.45, 7) is 1.63. The van der Waals surface area contributed by atoms with Crippen molar-refractivity contribution in [1.82, 2.24) is 10.2 Å². The summed E-state index contributed by atoms with van der Waals surface area (Å²) in [6, 6.07) is 7.66. The van der Waals surface area contributed by atoms with Crippen molar-refractivity contribution in [2.45, 2.75) is 25.7 Å². The molecule has 147 valence electrons. The molecule has 0 fully saturated rings. The standard InChI is InChI=1S/C19H13F6N2O/c1-11-26-27-17(28-11)8-5-12-3-2-4-13(9-12)15-7-6-14(18(20,21)22)10-16(15)19(23,24)25/h2-7,9-10H,8H2,1H3. The number of benzene rings is 2. The molecule has 0 N–H and O–H groups in total. The molecule has 0 aliphatic heterocycles. The average molecular weight is 399 g/mol. The number of hydrogen-bond acceptors (Lipinski definition) is 3. The normalized spacial score (nSPS) is 12.4. The molecule has 3 rings (SSSR count). The van der Waals surface area contributed by atoms with Crippen molar-refractivity contribution in [3.05, 3.63) is 77.4 Å². The van der Waals surface area contributed by atoms with Gasteiger partial charge in [0.2, 0.25) is 11.8 Å². The van der Waals surface area contributed by atoms with Gasteiger partial charge in [0.1, 0.15) is 0 Å². The van der Waals surface area contributed by atoms with Gasteiger partial charge in [-0.05, 0) is 35.2 Å². The van der Waals surface area contributed by atoms with Gasteiger partial charge in [0, 0.05) is 13.3 Å². The first kappa shape index (κ1) is 19.9. The van der Waals surface area contributed by atoms with Crippen LogP contribution in [0.5, 0.6) is 0 Å². The topological polar surface area (TPSA) is 38.9 Å². The quantitative estimate of drug-likeness (QED) is 0.515. The second-order valence-corrected chi connectivity index (χ2v) is 6.00. The largest absolute Gasteiger partial charge is 0.426 e. The van der Waals surface area contributed by atoms with Crippen molar-refractivity contribution in [3.8, 4) is 11.1 Å². The van der Waals surface area contributed by atoms with Crippen LogP contribution in [0.15, 0.2) is 46.9 Å². The molecule has 1 heterocycles. The molecule has 28 heavy (non-hydrogen) atoms. The third-order valence-corrected chi connectivity index (χ3v) is 3.93. The number of hydrogen-bond donors (Lipinski definition) is 0. The first-order valence-corrected chi connectivity index (χ1v) is 8.05. The Bertz CT molecular complexity index is 975. The Labute approximate surface area is 156 Å². The van der Waals surface area contributed by atoms with Gasteiger partial charge in [-0.15, -0.1) is 10.2 Å². The molecule has 0 saturated heterocycles. The Hall–Kier alpha value is -2.84. The summed E-state index contributed by atoms with van der Waals surface area (Å²) in [7, 11) is 0. The van der Waals surface area contributed by atoms with Gasteiger partial charge in [-0.1, -0.05) is 30.3 Å². The van der Waals surface area contributed by atoms with Crippen LogP contribution < -0.4 is 0 Å². The molecule has 0 bridgehead atoms. The maximum Gasteiger partial charge on any atom is 0.417 e. The van der Waals surface area contributed by atoms with E-state index < -0.39 is 23.5 Å². The number of aryl methyl sites for hydroxylation is 1. The Kier molecular flexibility index (Phi) is 5.18. The average Bonchev–Trinajstić information content (AvgIpc) is 3.03. The van der Waals surface area contributed by atoms with Gasteiger partial charge in [-0.2, -0.15) is 26.3 Å². The SMILES string of the molecule is Cc1nnc(C[CH]c2cccc(-c3ccc(C(F)(F)F)cc3C(F)(F)F)c2)o1. The lowest BCUT2D eigenvalue weighted by molar-refractivity contribution is -0.142. The van der Waals surface area contributed by atoms with Crippen molar-refractivity contribution in [1.29, 1.82) is 0 Å². The zero-order valence-corrected chi connectivity index (χ0v) is 14.4. The van der Waals surface area contributed by atoms with E-state index in [2.05, 4.69) is 10.2 Å². The van der Waals surface area contributed by atoms with Gasteiger partial charge in [0.05, 0.1) is 11.1 Å². The predicted molar refractivity (Wildman–Crippen MR) is 88.0 cm³/mol. The molecular formula is C19H13F6N2O. The van der Waals surface area contributed by atoms with Gasteiger partial charge >= 0.3 is 12.4 Å². The van der Waals surface area contributed by atoms with Gasteiger partial charge in [-0.25, -0.2) is 0 Å². The fraction of sp³-hybridized carbons (Fsp3) is 0.211. The van der Waals surface area contributed by atoms with Crippen molar-refractivity contribution in [2.75, 3.05) is 0 Å². The molecule has 0 aliphatic rings. The second kappa shape index (κ2) is 7.29. The zero-order chi connectivity index (χ0) is 20.5. The molecule has 0 saturated carbocycles. The van der Waals surface area contributed by atoms with Crippen LogP contribution in [0.4, 0.5) is 26.3 Å². The minimum atomic E-state index is -4.93. The molecule has 0 spiro atoms. The Morgan fingerprint density at radius 1 is 0.929 bits per heavy atom. The Morgan fingerprint density at radius 3 is 2.29 bits per heavy atom. The fourth-order valence-electron chi connectivity index (χ4n) is 2.67. The predicted octanol–water partition coefficient (Wildman–Crippen LogP) is 5.88. The minimum Gasteiger partial charge on any atom is -0.426 e. The highest BCUT2D eigenvalue weighted by Crippen LogP contribution is 2.41. The molecule has 0 amide bonds. The van der Waals surface area contributed by atoms with E-state index in [0.717, 1.165) is 6.07 Å². The molecular weight excluding hydrogens is 386 g/mol. The van der Waals surface area contributed by atoms with E-state index >= 15 is 0 Å². The van der Waals surface area contributed by atoms with Crippen LogP contribution in [0.3, 0.4) is 0 Å². The summed E-state index contributed by atoms with van der Waals surface area (Å²) < 4.78 is 83.8. The summed E-state index contributed by atoms with van der Waals surface area (Å²) in [6.07, 6.45) is -7.86. The Balaban J connectivity index is 1.94. The van der Waals surface area contributed by atoms with E-state index in [9.17, 15) is 26.3 Å². The van der Waals surface area contributed by atoms with E-state index in [1.54, 1.807) is 19.4 Å². The van der Waals surface area contributed by atoms with Crippen molar-refractivity contribution in [2.24, 2.45) is 0 Å². The van der Waals surface area contributed by atoms with Crippen molar-refractivity contribution >= 4 is 0 Å². The lowest BCUT2D eigenvalue weighted by Crippen LogP contribution is -2.12. The molecule has 0 aliphatic carbocycles. The van der Waals surface area contributed by atoms with Gasteiger partial charge in [-0.3, -0.25) is 0 Å². The summed E-state index contributed by atoms with van der Waals surface area (Å²) in [5.41, 5.74) is -2.30. The fourth-order valence-corrected chi connectivity index (χ4v) is 2.67. The number of nitrogens with zero attached hydrogens (tertiary/aromatic N) is 2. The molecule has 1 aromatic heterocycles.